The van der Waals surface area contributed by atoms with Crippen molar-refractivity contribution < 1.29 is 0 Å². The minimum atomic E-state index is 0.0953. The highest BCUT2D eigenvalue weighted by Crippen LogP contribution is 2.79. The number of fused-ring (bicyclic) bond motifs is 2. The molecule has 0 aromatic heterocycles. The molecule has 7 bridgehead atoms. The summed E-state index contributed by atoms with van der Waals surface area (Å²) in [5.41, 5.74) is 15.3. The van der Waals surface area contributed by atoms with E-state index in [-0.39, 0.29) is 5.54 Å². The lowest BCUT2D eigenvalue weighted by Gasteiger charge is -2.55. The Balaban J connectivity index is 1.60. The third-order valence-corrected chi connectivity index (χ3v) is 8.95. The first kappa shape index (κ1) is 11.0. The third-order valence-electron chi connectivity index (χ3n) is 8.95. The second-order valence-corrected chi connectivity index (χ2v) is 10.2. The molecule has 7 rings (SSSR count). The molecule has 7 aliphatic rings. The molecule has 0 aromatic carbocycles. The summed E-state index contributed by atoms with van der Waals surface area (Å²) in [4.78, 5) is 0. The zero-order chi connectivity index (χ0) is 13.7. The van der Waals surface area contributed by atoms with Crippen LogP contribution in [0.4, 0.5) is 0 Å². The van der Waals surface area contributed by atoms with Crippen molar-refractivity contribution in [2.45, 2.75) is 57.4 Å². The molecule has 0 heterocycles. The van der Waals surface area contributed by atoms with Gasteiger partial charge in [-0.3, -0.25) is 0 Å². The van der Waals surface area contributed by atoms with Crippen LogP contribution in [-0.2, 0) is 0 Å². The predicted molar refractivity (Wildman–Crippen MR) is 82.3 cm³/mol. The molecule has 8 unspecified atom stereocenters. The van der Waals surface area contributed by atoms with E-state index in [0.29, 0.717) is 5.41 Å². The molecule has 21 heavy (non-hydrogen) atoms. The van der Waals surface area contributed by atoms with Gasteiger partial charge in [0, 0.05) is 5.54 Å². The summed E-state index contributed by atoms with van der Waals surface area (Å²) in [6, 6.07) is 0. The van der Waals surface area contributed by atoms with Crippen LogP contribution in [-0.4, -0.2) is 5.54 Å². The lowest BCUT2D eigenvalue weighted by Crippen LogP contribution is -2.49. The SMILES string of the molecule is CC1(N)CC2C3=C4C5=C6CC7CC(C6CC42)C5C(C3)(C7)C1. The molecule has 0 radical (unpaired) electrons. The largest absolute Gasteiger partial charge is 0.325 e. The van der Waals surface area contributed by atoms with Crippen LogP contribution in [0.1, 0.15) is 51.9 Å². The molecule has 0 amide bonds. The van der Waals surface area contributed by atoms with E-state index in [1.54, 1.807) is 6.42 Å². The van der Waals surface area contributed by atoms with E-state index >= 15 is 0 Å². The van der Waals surface area contributed by atoms with Gasteiger partial charge < -0.3 is 5.73 Å². The molecule has 1 nitrogen and oxygen atoms in total. The lowest BCUT2D eigenvalue weighted by atomic mass is 9.49. The van der Waals surface area contributed by atoms with Crippen molar-refractivity contribution in [3.05, 3.63) is 22.3 Å². The first-order valence-corrected chi connectivity index (χ1v) is 9.31. The van der Waals surface area contributed by atoms with Crippen LogP contribution < -0.4 is 5.73 Å². The zero-order valence-electron chi connectivity index (χ0n) is 13.0. The van der Waals surface area contributed by atoms with Gasteiger partial charge in [-0.05, 0) is 104 Å². The Morgan fingerprint density at radius 1 is 1.00 bits per heavy atom. The normalized spacial score (nSPS) is 64.3. The van der Waals surface area contributed by atoms with Gasteiger partial charge in [-0.15, -0.1) is 0 Å². The minimum Gasteiger partial charge on any atom is -0.325 e. The maximum Gasteiger partial charge on any atom is 0.0137 e. The third kappa shape index (κ3) is 0.961. The van der Waals surface area contributed by atoms with E-state index in [9.17, 15) is 0 Å². The topological polar surface area (TPSA) is 26.0 Å². The molecule has 3 fully saturated rings. The molecule has 7 aliphatic carbocycles. The second kappa shape index (κ2) is 2.82. The highest BCUT2D eigenvalue weighted by Gasteiger charge is 2.70. The van der Waals surface area contributed by atoms with Gasteiger partial charge in [0.1, 0.15) is 0 Å². The van der Waals surface area contributed by atoms with Crippen molar-refractivity contribution in [1.82, 2.24) is 0 Å². The van der Waals surface area contributed by atoms with Gasteiger partial charge in [-0.25, -0.2) is 0 Å². The number of allylic oxidation sites excluding steroid dienone is 4. The number of hydrogen-bond acceptors (Lipinski definition) is 1. The van der Waals surface area contributed by atoms with Crippen LogP contribution in [0.5, 0.6) is 0 Å². The molecular weight excluding hydrogens is 254 g/mol. The second-order valence-electron chi connectivity index (χ2n) is 10.2. The Bertz CT molecular complexity index is 680. The van der Waals surface area contributed by atoms with Gasteiger partial charge in [-0.2, -0.15) is 0 Å². The Morgan fingerprint density at radius 2 is 1.90 bits per heavy atom. The van der Waals surface area contributed by atoms with Crippen LogP contribution in [0, 0.1) is 40.9 Å². The Kier molecular flexibility index (Phi) is 1.48. The van der Waals surface area contributed by atoms with E-state index < -0.39 is 0 Å². The summed E-state index contributed by atoms with van der Waals surface area (Å²) >= 11 is 0. The van der Waals surface area contributed by atoms with Crippen molar-refractivity contribution in [3.8, 4) is 0 Å². The van der Waals surface area contributed by atoms with Crippen LogP contribution in [0.25, 0.3) is 0 Å². The fourth-order valence-corrected chi connectivity index (χ4v) is 9.11. The molecule has 0 aromatic rings. The molecule has 2 N–H and O–H groups in total. The predicted octanol–water partition coefficient (Wildman–Crippen LogP) is 3.81. The van der Waals surface area contributed by atoms with Gasteiger partial charge in [0.2, 0.25) is 0 Å². The lowest BCUT2D eigenvalue weighted by molar-refractivity contribution is -0.00543. The van der Waals surface area contributed by atoms with E-state index in [1.165, 1.54) is 38.5 Å². The van der Waals surface area contributed by atoms with Crippen molar-refractivity contribution >= 4 is 0 Å². The maximum absolute atomic E-state index is 6.86. The number of hydrogen-bond donors (Lipinski definition) is 1. The summed E-state index contributed by atoms with van der Waals surface area (Å²) in [5, 5.41) is 0. The van der Waals surface area contributed by atoms with Gasteiger partial charge in [0.05, 0.1) is 0 Å². The molecule has 1 heteroatoms. The van der Waals surface area contributed by atoms with Crippen molar-refractivity contribution in [2.75, 3.05) is 0 Å². The summed E-state index contributed by atoms with van der Waals surface area (Å²) in [6.45, 7) is 2.38. The molecule has 3 saturated carbocycles. The van der Waals surface area contributed by atoms with E-state index in [2.05, 4.69) is 6.92 Å². The summed E-state index contributed by atoms with van der Waals surface area (Å²) < 4.78 is 0. The Morgan fingerprint density at radius 3 is 2.81 bits per heavy atom. The average Bonchev–Trinajstić information content (AvgIpc) is 2.55. The van der Waals surface area contributed by atoms with Crippen molar-refractivity contribution in [1.29, 1.82) is 0 Å². The van der Waals surface area contributed by atoms with Crippen LogP contribution in [0.2, 0.25) is 0 Å². The maximum atomic E-state index is 6.86. The monoisotopic (exact) mass is 279 g/mol. The van der Waals surface area contributed by atoms with Crippen LogP contribution in [0.15, 0.2) is 22.3 Å². The fourth-order valence-electron chi connectivity index (χ4n) is 9.11. The van der Waals surface area contributed by atoms with Gasteiger partial charge in [-0.1, -0.05) is 11.1 Å². The smallest absolute Gasteiger partial charge is 0.0137 e. The highest BCUT2D eigenvalue weighted by molar-refractivity contribution is 5.61. The van der Waals surface area contributed by atoms with Gasteiger partial charge >= 0.3 is 0 Å². The molecule has 110 valence electrons. The van der Waals surface area contributed by atoms with Crippen molar-refractivity contribution in [3.63, 3.8) is 0 Å². The Hall–Kier alpha value is -0.560. The molecule has 0 saturated heterocycles. The summed E-state index contributed by atoms with van der Waals surface area (Å²) in [6.07, 6.45) is 10.1. The summed E-state index contributed by atoms with van der Waals surface area (Å²) in [7, 11) is 0. The summed E-state index contributed by atoms with van der Waals surface area (Å²) in [5.74, 6) is 5.82. The first-order chi connectivity index (χ1) is 10.1. The quantitative estimate of drug-likeness (QED) is 0.717. The molecule has 8 atom stereocenters. The van der Waals surface area contributed by atoms with E-state index in [1.807, 2.05) is 22.3 Å². The Labute approximate surface area is 127 Å². The first-order valence-electron chi connectivity index (χ1n) is 9.31. The van der Waals surface area contributed by atoms with Gasteiger partial charge in [0.25, 0.3) is 0 Å². The molecule has 0 aliphatic heterocycles. The zero-order valence-corrected chi connectivity index (χ0v) is 13.0. The number of nitrogens with two attached hydrogens (primary N) is 1. The standard InChI is InChI=1S/C20H25N/c1-19(21)6-14-12-4-10-11-2-9-3-13(10)18-17(11)16(12)15(14)7-20(18,5-9)8-19/h9-10,12-14,18H,2-8,21H2,1H3. The average molecular weight is 279 g/mol. The van der Waals surface area contributed by atoms with Gasteiger partial charge in [0.15, 0.2) is 0 Å². The highest BCUT2D eigenvalue weighted by atomic mass is 14.8. The van der Waals surface area contributed by atoms with Crippen LogP contribution >= 0.6 is 0 Å². The molecule has 1 spiro atoms. The van der Waals surface area contributed by atoms with E-state index in [0.717, 1.165) is 35.5 Å². The van der Waals surface area contributed by atoms with Crippen molar-refractivity contribution in [2.24, 2.45) is 46.7 Å². The van der Waals surface area contributed by atoms with E-state index in [4.69, 9.17) is 5.73 Å². The fraction of sp³-hybridized carbons (Fsp3) is 0.800. The number of rotatable bonds is 0. The van der Waals surface area contributed by atoms with Crippen LogP contribution in [0.3, 0.4) is 0 Å². The minimum absolute atomic E-state index is 0.0953. The molecular formula is C20H25N.